The highest BCUT2D eigenvalue weighted by molar-refractivity contribution is 7.96. The van der Waals surface area contributed by atoms with Gasteiger partial charge in [0.05, 0.1) is 6.54 Å². The van der Waals surface area contributed by atoms with Crippen molar-refractivity contribution in [2.75, 3.05) is 19.3 Å². The van der Waals surface area contributed by atoms with E-state index in [-0.39, 0.29) is 28.8 Å². The number of terminal acetylenes is 1. The van der Waals surface area contributed by atoms with E-state index in [0.717, 1.165) is 32.1 Å². The third kappa shape index (κ3) is 10.6. The molecule has 212 valence electrons. The van der Waals surface area contributed by atoms with Gasteiger partial charge in [0.1, 0.15) is 23.2 Å². The number of unbranched alkanes of at least 4 members (excludes halogenated alkanes) is 7. The molecule has 40 heavy (non-hydrogen) atoms. The molecule has 0 saturated heterocycles. The number of halogens is 1. The lowest BCUT2D eigenvalue weighted by Gasteiger charge is -2.27. The summed E-state index contributed by atoms with van der Waals surface area (Å²) in [6, 6.07) is 31.6. The van der Waals surface area contributed by atoms with E-state index < -0.39 is 7.26 Å². The van der Waals surface area contributed by atoms with Crippen molar-refractivity contribution in [2.45, 2.75) is 57.8 Å². The van der Waals surface area contributed by atoms with Crippen LogP contribution in [-0.2, 0) is 9.59 Å². The van der Waals surface area contributed by atoms with Crippen molar-refractivity contribution in [1.82, 2.24) is 10.6 Å². The molecule has 3 aromatic rings. The number of hydrogen-bond acceptors (Lipinski definition) is 2. The van der Waals surface area contributed by atoms with Crippen molar-refractivity contribution in [2.24, 2.45) is 0 Å². The van der Waals surface area contributed by atoms with Crippen LogP contribution in [0.2, 0.25) is 0 Å². The first kappa shape index (κ1) is 33.3. The van der Waals surface area contributed by atoms with Crippen LogP contribution in [0.25, 0.3) is 0 Å². The molecule has 0 unspecified atom stereocenters. The Morgan fingerprint density at radius 3 is 1.48 bits per heavy atom. The maximum Gasteiger partial charge on any atom is 0.258 e. The van der Waals surface area contributed by atoms with Gasteiger partial charge in [0.25, 0.3) is 5.91 Å². The summed E-state index contributed by atoms with van der Waals surface area (Å²) in [6.45, 7) is 1.03. The summed E-state index contributed by atoms with van der Waals surface area (Å²) in [5.74, 6) is 2.58. The number of amides is 2. The van der Waals surface area contributed by atoms with Crippen LogP contribution in [0.1, 0.15) is 57.8 Å². The molecule has 0 fully saturated rings. The molecule has 2 amide bonds. The van der Waals surface area contributed by atoms with Crippen molar-refractivity contribution >= 4 is 35.0 Å². The predicted octanol–water partition coefficient (Wildman–Crippen LogP) is 2.36. The molecule has 0 spiro atoms. The van der Waals surface area contributed by atoms with Gasteiger partial charge in [0.2, 0.25) is 5.91 Å². The summed E-state index contributed by atoms with van der Waals surface area (Å²) >= 11 is 0. The van der Waals surface area contributed by atoms with E-state index in [1.54, 1.807) is 0 Å². The molecular weight excluding hydrogens is 579 g/mol. The molecule has 0 aliphatic rings. The van der Waals surface area contributed by atoms with Crippen LogP contribution >= 0.6 is 7.26 Å². The van der Waals surface area contributed by atoms with E-state index in [0.29, 0.717) is 25.7 Å². The monoisotopic (exact) mass is 620 g/mol. The van der Waals surface area contributed by atoms with E-state index in [2.05, 4.69) is 89.4 Å². The number of hydrogen-bond donors (Lipinski definition) is 2. The minimum absolute atomic E-state index is 0. The number of rotatable bonds is 17. The lowest BCUT2D eigenvalue weighted by molar-refractivity contribution is -0.121. The standard InChI is InChI=1S/C34H41N2O2P.BrH/c1-2-27-35-33(37)26-18-7-5-3-4-6-8-19-28-36-34(38)29-39(30-20-12-9-13-21-30,31-22-14-10-15-23-31)32-24-16-11-17-25-32;/h1,9-17,20-25H,3-8,18-19,26-29H2,(H-,35,36,37,38);1H. The van der Waals surface area contributed by atoms with E-state index in [4.69, 9.17) is 6.42 Å². The van der Waals surface area contributed by atoms with Crippen molar-refractivity contribution in [3.05, 3.63) is 91.0 Å². The van der Waals surface area contributed by atoms with Crippen molar-refractivity contribution < 1.29 is 26.6 Å². The topological polar surface area (TPSA) is 58.2 Å². The molecule has 0 atom stereocenters. The number of carbonyl (C=O) groups excluding carboxylic acids is 2. The lowest BCUT2D eigenvalue weighted by atomic mass is 10.1. The van der Waals surface area contributed by atoms with Gasteiger partial charge in [-0.3, -0.25) is 9.59 Å². The fraction of sp³-hybridized carbons (Fsp3) is 0.353. The number of nitrogens with one attached hydrogen (secondary N) is 2. The zero-order valence-corrected chi connectivity index (χ0v) is 25.8. The molecule has 0 aliphatic carbocycles. The van der Waals surface area contributed by atoms with Gasteiger partial charge in [-0.05, 0) is 49.2 Å². The summed E-state index contributed by atoms with van der Waals surface area (Å²) in [7, 11) is -2.15. The second kappa shape index (κ2) is 19.2. The smallest absolute Gasteiger partial charge is 0.258 e. The fourth-order valence-corrected chi connectivity index (χ4v) is 9.00. The van der Waals surface area contributed by atoms with Crippen molar-refractivity contribution in [3.8, 4) is 12.3 Å². The van der Waals surface area contributed by atoms with Gasteiger partial charge in [-0.25, -0.2) is 0 Å². The number of benzene rings is 3. The first-order valence-electron chi connectivity index (χ1n) is 14.2. The Labute approximate surface area is 251 Å². The molecule has 6 heteroatoms. The van der Waals surface area contributed by atoms with Crippen LogP contribution in [0.3, 0.4) is 0 Å². The second-order valence-corrected chi connectivity index (χ2v) is 13.4. The minimum atomic E-state index is -2.15. The molecule has 4 nitrogen and oxygen atoms in total. The van der Waals surface area contributed by atoms with Crippen molar-refractivity contribution in [1.29, 1.82) is 0 Å². The molecule has 0 bridgehead atoms. The van der Waals surface area contributed by atoms with Gasteiger partial charge in [0, 0.05) is 13.0 Å². The molecule has 3 aromatic carbocycles. The maximum atomic E-state index is 13.4. The molecule has 0 saturated carbocycles. The highest BCUT2D eigenvalue weighted by Gasteiger charge is 2.47. The van der Waals surface area contributed by atoms with Crippen LogP contribution in [0.15, 0.2) is 91.0 Å². The molecular formula is C34H42BrN2O2P. The Morgan fingerprint density at radius 1 is 0.600 bits per heavy atom. The summed E-state index contributed by atoms with van der Waals surface area (Å²) < 4.78 is 0. The minimum Gasteiger partial charge on any atom is -1.00 e. The fourth-order valence-electron chi connectivity index (χ4n) is 4.98. The first-order valence-corrected chi connectivity index (χ1v) is 16.2. The van der Waals surface area contributed by atoms with Crippen molar-refractivity contribution in [3.63, 3.8) is 0 Å². The Kier molecular flexibility index (Phi) is 16.0. The van der Waals surface area contributed by atoms with E-state index in [1.807, 2.05) is 18.2 Å². The average Bonchev–Trinajstić information content (AvgIpc) is 2.99. The average molecular weight is 622 g/mol. The van der Waals surface area contributed by atoms with E-state index in [1.165, 1.54) is 35.2 Å². The molecule has 0 aliphatic heterocycles. The van der Waals surface area contributed by atoms with Gasteiger partial charge >= 0.3 is 0 Å². The normalized spacial score (nSPS) is 10.7. The largest absolute Gasteiger partial charge is 1.00 e. The van der Waals surface area contributed by atoms with Crippen LogP contribution in [0, 0.1) is 12.3 Å². The van der Waals surface area contributed by atoms with Crippen LogP contribution in [-0.4, -0.2) is 31.1 Å². The quantitative estimate of drug-likeness (QED) is 0.138. The Hall–Kier alpha value is -2.93. The van der Waals surface area contributed by atoms with E-state index >= 15 is 0 Å². The Morgan fingerprint density at radius 2 is 1.02 bits per heavy atom. The van der Waals surface area contributed by atoms with Gasteiger partial charge < -0.3 is 27.6 Å². The molecule has 2 N–H and O–H groups in total. The zero-order valence-electron chi connectivity index (χ0n) is 23.4. The van der Waals surface area contributed by atoms with Gasteiger partial charge in [-0.2, -0.15) is 0 Å². The SMILES string of the molecule is C#CCNC(=O)CCCCCCCCCCNC(=O)C[P+](c1ccccc1)(c1ccccc1)c1ccccc1.[Br-]. The zero-order chi connectivity index (χ0) is 27.6. The highest BCUT2D eigenvalue weighted by atomic mass is 79.9. The molecule has 3 rings (SSSR count). The third-order valence-electron chi connectivity index (χ3n) is 7.01. The van der Waals surface area contributed by atoms with Crippen LogP contribution in [0.4, 0.5) is 0 Å². The molecule has 0 radical (unpaired) electrons. The highest BCUT2D eigenvalue weighted by Crippen LogP contribution is 2.54. The summed E-state index contributed by atoms with van der Waals surface area (Å²) in [6.07, 6.45) is 15.0. The Balaban J connectivity index is 0.00000560. The first-order chi connectivity index (χ1) is 19.2. The lowest BCUT2D eigenvalue weighted by Crippen LogP contribution is -3.00. The summed E-state index contributed by atoms with van der Waals surface area (Å²) in [5, 5.41) is 9.62. The van der Waals surface area contributed by atoms with Crippen LogP contribution < -0.4 is 43.5 Å². The van der Waals surface area contributed by atoms with Crippen LogP contribution in [0.5, 0.6) is 0 Å². The van der Waals surface area contributed by atoms with E-state index in [9.17, 15) is 9.59 Å². The third-order valence-corrected chi connectivity index (χ3v) is 11.3. The van der Waals surface area contributed by atoms with Gasteiger partial charge in [-0.1, -0.05) is 99.0 Å². The number of carbonyl (C=O) groups is 2. The molecule has 0 heterocycles. The molecule has 0 aromatic heterocycles. The van der Waals surface area contributed by atoms with Gasteiger partial charge in [-0.15, -0.1) is 6.42 Å². The summed E-state index contributed by atoms with van der Waals surface area (Å²) in [5.41, 5.74) is 0. The summed E-state index contributed by atoms with van der Waals surface area (Å²) in [4.78, 5) is 24.9. The maximum absolute atomic E-state index is 13.4. The second-order valence-electron chi connectivity index (χ2n) is 9.88. The Bertz CT molecular complexity index is 1070. The van der Waals surface area contributed by atoms with Gasteiger partial charge in [0.15, 0.2) is 6.16 Å². The predicted molar refractivity (Wildman–Crippen MR) is 166 cm³/mol.